The Morgan fingerprint density at radius 1 is 1.54 bits per heavy atom. The summed E-state index contributed by atoms with van der Waals surface area (Å²) in [5, 5.41) is 8.50. The van der Waals surface area contributed by atoms with Crippen molar-refractivity contribution >= 4 is 11.9 Å². The molecule has 4 heteroatoms. The molecule has 0 aromatic rings. The zero-order valence-corrected chi connectivity index (χ0v) is 7.82. The fraction of sp³-hybridized carbons (Fsp3) is 0.556. The van der Waals surface area contributed by atoms with E-state index in [-0.39, 0.29) is 12.5 Å². The van der Waals surface area contributed by atoms with E-state index in [4.69, 9.17) is 5.11 Å². The molecule has 0 rings (SSSR count). The number of hydrogen-bond donors (Lipinski definition) is 1. The number of carboxylic acids is 1. The second kappa shape index (κ2) is 6.22. The van der Waals surface area contributed by atoms with Crippen molar-refractivity contribution in [1.82, 2.24) is 4.90 Å². The number of amides is 1. The maximum atomic E-state index is 11.3. The van der Waals surface area contributed by atoms with E-state index < -0.39 is 5.97 Å². The first-order chi connectivity index (χ1) is 6.11. The number of carbonyl (C=O) groups excluding carboxylic acids is 1. The van der Waals surface area contributed by atoms with Gasteiger partial charge in [-0.2, -0.15) is 0 Å². The average molecular weight is 185 g/mol. The molecule has 0 saturated heterocycles. The third-order valence-electron chi connectivity index (χ3n) is 1.49. The molecule has 13 heavy (non-hydrogen) atoms. The first-order valence-electron chi connectivity index (χ1n) is 4.22. The summed E-state index contributed by atoms with van der Waals surface area (Å²) in [6.45, 7) is 5.39. The molecule has 1 amide bonds. The van der Waals surface area contributed by atoms with Gasteiger partial charge in [-0.05, 0) is 6.42 Å². The van der Waals surface area contributed by atoms with Crippen LogP contribution in [-0.4, -0.2) is 35.0 Å². The van der Waals surface area contributed by atoms with E-state index in [0.717, 1.165) is 6.42 Å². The SMILES string of the molecule is C=CCN(CC(=O)O)C(=O)CCC. The Hall–Kier alpha value is -1.32. The predicted octanol–water partition coefficient (Wildman–Crippen LogP) is 0.886. The second-order valence-electron chi connectivity index (χ2n) is 2.71. The third kappa shape index (κ3) is 5.00. The molecule has 0 unspecified atom stereocenters. The average Bonchev–Trinajstić information content (AvgIpc) is 2.03. The van der Waals surface area contributed by atoms with Crippen molar-refractivity contribution < 1.29 is 14.7 Å². The van der Waals surface area contributed by atoms with Crippen LogP contribution in [0.3, 0.4) is 0 Å². The van der Waals surface area contributed by atoms with Crippen LogP contribution in [-0.2, 0) is 9.59 Å². The molecule has 0 bridgehead atoms. The van der Waals surface area contributed by atoms with Crippen molar-refractivity contribution in [3.63, 3.8) is 0 Å². The summed E-state index contributed by atoms with van der Waals surface area (Å²) in [4.78, 5) is 22.9. The quantitative estimate of drug-likeness (QED) is 0.625. The van der Waals surface area contributed by atoms with Gasteiger partial charge < -0.3 is 10.0 Å². The van der Waals surface area contributed by atoms with Gasteiger partial charge in [0.25, 0.3) is 0 Å². The number of carboxylic acid groups (broad SMARTS) is 1. The molecule has 0 spiro atoms. The van der Waals surface area contributed by atoms with Crippen LogP contribution in [0.25, 0.3) is 0 Å². The summed E-state index contributed by atoms with van der Waals surface area (Å²) in [5.74, 6) is -1.13. The number of nitrogens with zero attached hydrogens (tertiary/aromatic N) is 1. The maximum Gasteiger partial charge on any atom is 0.323 e. The number of carbonyl (C=O) groups is 2. The van der Waals surface area contributed by atoms with Crippen molar-refractivity contribution in [2.75, 3.05) is 13.1 Å². The molecule has 0 aliphatic carbocycles. The van der Waals surface area contributed by atoms with Crippen molar-refractivity contribution in [2.45, 2.75) is 19.8 Å². The van der Waals surface area contributed by atoms with Gasteiger partial charge in [-0.25, -0.2) is 0 Å². The first-order valence-corrected chi connectivity index (χ1v) is 4.22. The minimum atomic E-state index is -0.994. The molecular weight excluding hydrogens is 170 g/mol. The maximum absolute atomic E-state index is 11.3. The van der Waals surface area contributed by atoms with E-state index in [2.05, 4.69) is 6.58 Å². The smallest absolute Gasteiger partial charge is 0.323 e. The Bertz CT molecular complexity index is 201. The monoisotopic (exact) mass is 185 g/mol. The van der Waals surface area contributed by atoms with Crippen LogP contribution in [0.4, 0.5) is 0 Å². The fourth-order valence-corrected chi connectivity index (χ4v) is 0.946. The zero-order valence-electron chi connectivity index (χ0n) is 7.82. The number of aliphatic carboxylic acids is 1. The first kappa shape index (κ1) is 11.7. The van der Waals surface area contributed by atoms with Gasteiger partial charge in [-0.15, -0.1) is 6.58 Å². The van der Waals surface area contributed by atoms with E-state index >= 15 is 0 Å². The van der Waals surface area contributed by atoms with E-state index in [1.165, 1.54) is 11.0 Å². The number of hydrogen-bond acceptors (Lipinski definition) is 2. The van der Waals surface area contributed by atoms with Crippen LogP contribution in [0.1, 0.15) is 19.8 Å². The molecule has 0 fully saturated rings. The van der Waals surface area contributed by atoms with E-state index in [1.807, 2.05) is 6.92 Å². The topological polar surface area (TPSA) is 57.6 Å². The van der Waals surface area contributed by atoms with Gasteiger partial charge in [0.05, 0.1) is 0 Å². The van der Waals surface area contributed by atoms with Crippen LogP contribution in [0, 0.1) is 0 Å². The lowest BCUT2D eigenvalue weighted by molar-refractivity contribution is -0.144. The summed E-state index contributed by atoms with van der Waals surface area (Å²) in [6, 6.07) is 0. The Kier molecular flexibility index (Phi) is 5.59. The summed E-state index contributed by atoms with van der Waals surface area (Å²) < 4.78 is 0. The van der Waals surface area contributed by atoms with Crippen molar-refractivity contribution in [2.24, 2.45) is 0 Å². The van der Waals surface area contributed by atoms with E-state index in [0.29, 0.717) is 13.0 Å². The lowest BCUT2D eigenvalue weighted by Gasteiger charge is -2.18. The van der Waals surface area contributed by atoms with Gasteiger partial charge in [0.15, 0.2) is 0 Å². The molecule has 0 aromatic heterocycles. The van der Waals surface area contributed by atoms with Gasteiger partial charge in [0.1, 0.15) is 6.54 Å². The molecule has 0 saturated carbocycles. The zero-order chi connectivity index (χ0) is 10.3. The van der Waals surface area contributed by atoms with Crippen LogP contribution in [0.2, 0.25) is 0 Å². The molecule has 0 aliphatic heterocycles. The fourth-order valence-electron chi connectivity index (χ4n) is 0.946. The molecule has 0 aliphatic rings. The van der Waals surface area contributed by atoms with Crippen molar-refractivity contribution in [3.8, 4) is 0 Å². The lowest BCUT2D eigenvalue weighted by Crippen LogP contribution is -2.35. The highest BCUT2D eigenvalue weighted by Gasteiger charge is 2.13. The van der Waals surface area contributed by atoms with Crippen molar-refractivity contribution in [3.05, 3.63) is 12.7 Å². The lowest BCUT2D eigenvalue weighted by atomic mass is 10.3. The summed E-state index contributed by atoms with van der Waals surface area (Å²) in [7, 11) is 0. The normalized spacial score (nSPS) is 9.31. The second-order valence-corrected chi connectivity index (χ2v) is 2.71. The molecular formula is C9H15NO3. The summed E-state index contributed by atoms with van der Waals surface area (Å²) in [5.41, 5.74) is 0. The van der Waals surface area contributed by atoms with Gasteiger partial charge in [-0.1, -0.05) is 13.0 Å². The van der Waals surface area contributed by atoms with Gasteiger partial charge in [-0.3, -0.25) is 9.59 Å². The Morgan fingerprint density at radius 3 is 2.54 bits per heavy atom. The highest BCUT2D eigenvalue weighted by molar-refractivity contribution is 5.81. The molecule has 74 valence electrons. The largest absolute Gasteiger partial charge is 0.480 e. The molecule has 0 atom stereocenters. The Morgan fingerprint density at radius 2 is 2.15 bits per heavy atom. The molecule has 0 heterocycles. The van der Waals surface area contributed by atoms with E-state index in [9.17, 15) is 9.59 Å². The minimum absolute atomic E-state index is 0.134. The molecule has 1 N–H and O–H groups in total. The number of rotatable bonds is 6. The van der Waals surface area contributed by atoms with Crippen LogP contribution in [0.15, 0.2) is 12.7 Å². The van der Waals surface area contributed by atoms with Gasteiger partial charge >= 0.3 is 5.97 Å². The predicted molar refractivity (Wildman–Crippen MR) is 49.3 cm³/mol. The molecule has 4 nitrogen and oxygen atoms in total. The Labute approximate surface area is 77.8 Å². The minimum Gasteiger partial charge on any atom is -0.480 e. The highest BCUT2D eigenvalue weighted by Crippen LogP contribution is 1.97. The van der Waals surface area contributed by atoms with Gasteiger partial charge in [0.2, 0.25) is 5.91 Å². The highest BCUT2D eigenvalue weighted by atomic mass is 16.4. The van der Waals surface area contributed by atoms with Crippen LogP contribution in [0.5, 0.6) is 0 Å². The van der Waals surface area contributed by atoms with Crippen LogP contribution < -0.4 is 0 Å². The van der Waals surface area contributed by atoms with Gasteiger partial charge in [0, 0.05) is 13.0 Å². The van der Waals surface area contributed by atoms with E-state index in [1.54, 1.807) is 0 Å². The summed E-state index contributed by atoms with van der Waals surface area (Å²) >= 11 is 0. The third-order valence-corrected chi connectivity index (χ3v) is 1.49. The standard InChI is InChI=1S/C9H15NO3/c1-3-5-8(11)10(6-4-2)7-9(12)13/h4H,2-3,5-7H2,1H3,(H,12,13). The summed E-state index contributed by atoms with van der Waals surface area (Å²) in [6.07, 6.45) is 2.64. The molecule has 0 radical (unpaired) electrons. The van der Waals surface area contributed by atoms with Crippen molar-refractivity contribution in [1.29, 1.82) is 0 Å². The Balaban J connectivity index is 4.13. The van der Waals surface area contributed by atoms with Crippen LogP contribution >= 0.6 is 0 Å². The molecule has 0 aromatic carbocycles.